The highest BCUT2D eigenvalue weighted by molar-refractivity contribution is 5.82. The Bertz CT molecular complexity index is 537. The highest BCUT2D eigenvalue weighted by atomic mass is 16.5. The largest absolute Gasteiger partial charge is 0.493 e. The van der Waals surface area contributed by atoms with Crippen molar-refractivity contribution >= 4 is 5.78 Å². The highest BCUT2D eigenvalue weighted by Gasteiger charge is 2.40. The predicted octanol–water partition coefficient (Wildman–Crippen LogP) is 3.18. The van der Waals surface area contributed by atoms with E-state index in [2.05, 4.69) is 26.0 Å². The first-order valence-corrected chi connectivity index (χ1v) is 7.99. The molecule has 0 bridgehead atoms. The fourth-order valence-electron chi connectivity index (χ4n) is 3.65. The molecule has 1 fully saturated rings. The van der Waals surface area contributed by atoms with E-state index in [1.807, 2.05) is 13.0 Å². The van der Waals surface area contributed by atoms with Crippen molar-refractivity contribution in [3.63, 3.8) is 0 Å². The van der Waals surface area contributed by atoms with Crippen molar-refractivity contribution in [3.8, 4) is 5.75 Å². The number of carbonyl (C=O) groups is 1. The Labute approximate surface area is 126 Å². The van der Waals surface area contributed by atoms with E-state index in [1.54, 1.807) is 0 Å². The summed E-state index contributed by atoms with van der Waals surface area (Å²) in [5, 5.41) is 0. The molecule has 1 aromatic carbocycles. The Balaban J connectivity index is 1.61. The van der Waals surface area contributed by atoms with Crippen molar-refractivity contribution in [1.82, 2.24) is 0 Å². The summed E-state index contributed by atoms with van der Waals surface area (Å²) in [5.41, 5.74) is 2.51. The maximum absolute atomic E-state index is 12.5. The van der Waals surface area contributed by atoms with Crippen LogP contribution in [0.4, 0.5) is 0 Å². The fourth-order valence-corrected chi connectivity index (χ4v) is 3.65. The minimum absolute atomic E-state index is 0.0518. The van der Waals surface area contributed by atoms with E-state index in [0.29, 0.717) is 18.1 Å². The van der Waals surface area contributed by atoms with Crippen LogP contribution in [0.1, 0.15) is 38.3 Å². The normalized spacial score (nSPS) is 31.0. The van der Waals surface area contributed by atoms with Gasteiger partial charge in [-0.1, -0.05) is 19.1 Å². The third-order valence-corrected chi connectivity index (χ3v) is 5.03. The number of Topliss-reactive ketones (excluding diaryl/α,β-unsaturated/α-hetero) is 1. The predicted molar refractivity (Wildman–Crippen MR) is 81.6 cm³/mol. The molecule has 0 aromatic heterocycles. The van der Waals surface area contributed by atoms with Crippen LogP contribution in [0.3, 0.4) is 0 Å². The van der Waals surface area contributed by atoms with Gasteiger partial charge in [-0.3, -0.25) is 4.79 Å². The van der Waals surface area contributed by atoms with Crippen molar-refractivity contribution in [3.05, 3.63) is 29.3 Å². The molecule has 21 heavy (non-hydrogen) atoms. The Morgan fingerprint density at radius 1 is 1.24 bits per heavy atom. The number of carbonyl (C=O) groups excluding carboxylic acids is 1. The Hall–Kier alpha value is -1.35. The van der Waals surface area contributed by atoms with E-state index in [9.17, 15) is 4.79 Å². The zero-order valence-electron chi connectivity index (χ0n) is 13.1. The van der Waals surface area contributed by atoms with Crippen molar-refractivity contribution in [2.45, 2.75) is 52.2 Å². The summed E-state index contributed by atoms with van der Waals surface area (Å²) in [7, 11) is 0. The Morgan fingerprint density at radius 3 is 2.76 bits per heavy atom. The molecule has 0 spiro atoms. The Kier molecular flexibility index (Phi) is 4.03. The van der Waals surface area contributed by atoms with Crippen LogP contribution in [-0.2, 0) is 22.4 Å². The van der Waals surface area contributed by atoms with E-state index in [-0.39, 0.29) is 18.1 Å². The number of fused-ring (bicyclic) bond motifs is 1. The topological polar surface area (TPSA) is 35.5 Å². The molecule has 3 heteroatoms. The van der Waals surface area contributed by atoms with Gasteiger partial charge in [0.1, 0.15) is 11.5 Å². The second kappa shape index (κ2) is 5.80. The first-order chi connectivity index (χ1) is 10.1. The average molecular weight is 288 g/mol. The van der Waals surface area contributed by atoms with Crippen LogP contribution < -0.4 is 4.74 Å². The molecule has 0 saturated carbocycles. The fraction of sp³-hybridized carbons (Fsp3) is 0.611. The molecule has 2 aliphatic heterocycles. The second-order valence-corrected chi connectivity index (χ2v) is 6.44. The zero-order chi connectivity index (χ0) is 15.0. The van der Waals surface area contributed by atoms with Gasteiger partial charge in [0.05, 0.1) is 18.8 Å². The van der Waals surface area contributed by atoms with Crippen molar-refractivity contribution in [1.29, 1.82) is 0 Å². The van der Waals surface area contributed by atoms with Gasteiger partial charge in [-0.05, 0) is 43.4 Å². The summed E-state index contributed by atoms with van der Waals surface area (Å²) in [4.78, 5) is 12.5. The molecule has 3 rings (SSSR count). The summed E-state index contributed by atoms with van der Waals surface area (Å²) < 4.78 is 11.3. The molecular formula is C18H24O3. The number of rotatable bonds is 4. The van der Waals surface area contributed by atoms with Gasteiger partial charge in [0, 0.05) is 18.8 Å². The third kappa shape index (κ3) is 2.84. The van der Waals surface area contributed by atoms with E-state index in [0.717, 1.165) is 25.2 Å². The van der Waals surface area contributed by atoms with E-state index >= 15 is 0 Å². The molecule has 1 saturated heterocycles. The number of hydrogen-bond donors (Lipinski definition) is 0. The first-order valence-electron chi connectivity index (χ1n) is 7.99. The van der Waals surface area contributed by atoms with Crippen LogP contribution >= 0.6 is 0 Å². The summed E-state index contributed by atoms with van der Waals surface area (Å²) >= 11 is 0. The van der Waals surface area contributed by atoms with E-state index < -0.39 is 0 Å². The smallest absolute Gasteiger partial charge is 0.139 e. The van der Waals surface area contributed by atoms with Crippen LogP contribution in [0.25, 0.3) is 0 Å². The average Bonchev–Trinajstić information content (AvgIpc) is 3.01. The van der Waals surface area contributed by atoms with Crippen molar-refractivity contribution < 1.29 is 14.3 Å². The summed E-state index contributed by atoms with van der Waals surface area (Å²) in [6.07, 6.45) is 2.65. The van der Waals surface area contributed by atoms with Crippen molar-refractivity contribution in [2.24, 2.45) is 11.8 Å². The van der Waals surface area contributed by atoms with E-state index in [4.69, 9.17) is 9.47 Å². The van der Waals surface area contributed by atoms with Crippen LogP contribution in [0, 0.1) is 11.8 Å². The summed E-state index contributed by atoms with van der Waals surface area (Å²) in [5.74, 6) is 1.72. The minimum atomic E-state index is 0.0518. The molecule has 4 unspecified atom stereocenters. The number of benzene rings is 1. The van der Waals surface area contributed by atoms with Gasteiger partial charge in [0.25, 0.3) is 0 Å². The maximum Gasteiger partial charge on any atom is 0.139 e. The highest BCUT2D eigenvalue weighted by Crippen LogP contribution is 2.34. The monoisotopic (exact) mass is 288 g/mol. The number of ether oxygens (including phenoxy) is 2. The van der Waals surface area contributed by atoms with Gasteiger partial charge >= 0.3 is 0 Å². The molecule has 0 amide bonds. The quantitative estimate of drug-likeness (QED) is 0.853. The standard InChI is InChI=1S/C18H24O3/c1-11-12(2)21-13(3)18(11)16(19)6-4-14-5-7-17-15(10-14)8-9-20-17/h5,7,10-13,18H,4,6,8-9H2,1-3H3. The van der Waals surface area contributed by atoms with Gasteiger partial charge in [-0.15, -0.1) is 0 Å². The molecule has 4 atom stereocenters. The SMILES string of the molecule is CC1OC(C)C(C(=O)CCc2ccc3c(c2)CCO3)C1C. The van der Waals surface area contributed by atoms with Crippen LogP contribution in [0.5, 0.6) is 5.75 Å². The molecule has 3 nitrogen and oxygen atoms in total. The lowest BCUT2D eigenvalue weighted by molar-refractivity contribution is -0.125. The maximum atomic E-state index is 12.5. The second-order valence-electron chi connectivity index (χ2n) is 6.44. The lowest BCUT2D eigenvalue weighted by atomic mass is 9.84. The molecule has 0 aliphatic carbocycles. The minimum Gasteiger partial charge on any atom is -0.493 e. The van der Waals surface area contributed by atoms with Gasteiger partial charge in [-0.2, -0.15) is 0 Å². The van der Waals surface area contributed by atoms with Gasteiger partial charge < -0.3 is 9.47 Å². The van der Waals surface area contributed by atoms with Crippen molar-refractivity contribution in [2.75, 3.05) is 6.61 Å². The number of ketones is 1. The van der Waals surface area contributed by atoms with Crippen LogP contribution in [0.15, 0.2) is 18.2 Å². The molecular weight excluding hydrogens is 264 g/mol. The molecule has 2 aliphatic rings. The van der Waals surface area contributed by atoms with Crippen LogP contribution in [-0.4, -0.2) is 24.6 Å². The Morgan fingerprint density at radius 2 is 2.05 bits per heavy atom. The summed E-state index contributed by atoms with van der Waals surface area (Å²) in [6, 6.07) is 6.31. The third-order valence-electron chi connectivity index (χ3n) is 5.03. The zero-order valence-corrected chi connectivity index (χ0v) is 13.1. The van der Waals surface area contributed by atoms with Crippen LogP contribution in [0.2, 0.25) is 0 Å². The molecule has 114 valence electrons. The number of aryl methyl sites for hydroxylation is 1. The summed E-state index contributed by atoms with van der Waals surface area (Å²) in [6.45, 7) is 7.00. The lowest BCUT2D eigenvalue weighted by Crippen LogP contribution is -2.27. The molecule has 2 heterocycles. The molecule has 0 N–H and O–H groups in total. The molecule has 1 aromatic rings. The lowest BCUT2D eigenvalue weighted by Gasteiger charge is -2.17. The van der Waals surface area contributed by atoms with Gasteiger partial charge in [0.2, 0.25) is 0 Å². The van der Waals surface area contributed by atoms with E-state index in [1.165, 1.54) is 11.1 Å². The molecule has 0 radical (unpaired) electrons. The van der Waals surface area contributed by atoms with Gasteiger partial charge in [0.15, 0.2) is 0 Å². The van der Waals surface area contributed by atoms with Gasteiger partial charge in [-0.25, -0.2) is 0 Å². The number of hydrogen-bond acceptors (Lipinski definition) is 3. The first kappa shape index (κ1) is 14.6.